The SMILES string of the molecule is O=c1oc2ccccc2c2cn3ccccc3c12. The number of nitrogens with zero attached hydrogens (tertiary/aromatic N) is 1. The Bertz CT molecular complexity index is 947. The molecule has 3 heteroatoms. The van der Waals surface area contributed by atoms with Crippen molar-refractivity contribution in [1.29, 1.82) is 0 Å². The highest BCUT2D eigenvalue weighted by Crippen LogP contribution is 2.26. The predicted octanol–water partition coefficient (Wildman–Crippen LogP) is 3.20. The Morgan fingerprint density at radius 2 is 1.78 bits per heavy atom. The lowest BCUT2D eigenvalue weighted by atomic mass is 10.1. The van der Waals surface area contributed by atoms with Gasteiger partial charge in [-0.25, -0.2) is 4.79 Å². The van der Waals surface area contributed by atoms with Gasteiger partial charge in [0.25, 0.3) is 0 Å². The number of benzene rings is 1. The Labute approximate surface area is 102 Å². The normalized spacial score (nSPS) is 11.6. The number of hydrogen-bond donors (Lipinski definition) is 0. The predicted molar refractivity (Wildman–Crippen MR) is 70.9 cm³/mol. The molecule has 0 aliphatic rings. The molecule has 0 atom stereocenters. The van der Waals surface area contributed by atoms with Crippen molar-refractivity contribution in [2.75, 3.05) is 0 Å². The van der Waals surface area contributed by atoms with Gasteiger partial charge in [0.05, 0.1) is 10.9 Å². The summed E-state index contributed by atoms with van der Waals surface area (Å²) in [6, 6.07) is 13.4. The first-order valence-electron chi connectivity index (χ1n) is 5.76. The second-order valence-corrected chi connectivity index (χ2v) is 4.30. The third-order valence-electron chi connectivity index (χ3n) is 3.27. The number of pyridine rings is 1. The van der Waals surface area contributed by atoms with Crippen LogP contribution in [-0.4, -0.2) is 4.40 Å². The molecule has 0 N–H and O–H groups in total. The van der Waals surface area contributed by atoms with Crippen LogP contribution in [0.3, 0.4) is 0 Å². The van der Waals surface area contributed by atoms with Crippen molar-refractivity contribution in [2.24, 2.45) is 0 Å². The highest BCUT2D eigenvalue weighted by molar-refractivity contribution is 6.10. The van der Waals surface area contributed by atoms with Gasteiger partial charge in [-0.1, -0.05) is 24.3 Å². The van der Waals surface area contributed by atoms with Crippen LogP contribution in [0.15, 0.2) is 64.1 Å². The van der Waals surface area contributed by atoms with Gasteiger partial charge in [0.1, 0.15) is 5.58 Å². The lowest BCUT2D eigenvalue weighted by Crippen LogP contribution is -1.98. The number of rotatable bonds is 0. The van der Waals surface area contributed by atoms with E-state index >= 15 is 0 Å². The zero-order valence-electron chi connectivity index (χ0n) is 9.46. The average molecular weight is 235 g/mol. The molecular weight excluding hydrogens is 226 g/mol. The summed E-state index contributed by atoms with van der Waals surface area (Å²) in [6.07, 6.45) is 3.91. The third kappa shape index (κ3) is 1.10. The molecule has 3 aromatic heterocycles. The minimum absolute atomic E-state index is 0.280. The summed E-state index contributed by atoms with van der Waals surface area (Å²) < 4.78 is 7.32. The maximum atomic E-state index is 12.1. The number of fused-ring (bicyclic) bond motifs is 5. The molecule has 0 fully saturated rings. The summed E-state index contributed by atoms with van der Waals surface area (Å²) in [5.74, 6) is 0. The quantitative estimate of drug-likeness (QED) is 0.439. The van der Waals surface area contributed by atoms with E-state index in [1.54, 1.807) is 0 Å². The van der Waals surface area contributed by atoms with Crippen LogP contribution in [0.25, 0.3) is 27.3 Å². The fourth-order valence-electron chi connectivity index (χ4n) is 2.47. The minimum atomic E-state index is -0.280. The van der Waals surface area contributed by atoms with Crippen LogP contribution in [0.2, 0.25) is 0 Å². The molecule has 0 aliphatic carbocycles. The van der Waals surface area contributed by atoms with Crippen molar-refractivity contribution in [2.45, 2.75) is 0 Å². The van der Waals surface area contributed by atoms with E-state index in [-0.39, 0.29) is 5.63 Å². The Kier molecular flexibility index (Phi) is 1.70. The third-order valence-corrected chi connectivity index (χ3v) is 3.27. The summed E-state index contributed by atoms with van der Waals surface area (Å²) >= 11 is 0. The van der Waals surface area contributed by atoms with Crippen molar-refractivity contribution in [3.05, 3.63) is 65.3 Å². The Balaban J connectivity index is 2.42. The molecule has 4 aromatic rings. The van der Waals surface area contributed by atoms with Crippen LogP contribution in [0, 0.1) is 0 Å². The molecule has 0 aliphatic heterocycles. The molecule has 0 radical (unpaired) electrons. The summed E-state index contributed by atoms with van der Waals surface area (Å²) in [6.45, 7) is 0. The van der Waals surface area contributed by atoms with Crippen LogP contribution in [-0.2, 0) is 0 Å². The maximum absolute atomic E-state index is 12.1. The van der Waals surface area contributed by atoms with Crippen LogP contribution < -0.4 is 5.63 Å². The first-order valence-corrected chi connectivity index (χ1v) is 5.76. The van der Waals surface area contributed by atoms with Crippen molar-refractivity contribution >= 4 is 27.3 Å². The molecule has 0 bridgehead atoms. The monoisotopic (exact) mass is 235 g/mol. The van der Waals surface area contributed by atoms with Crippen LogP contribution >= 0.6 is 0 Å². The molecule has 3 heterocycles. The molecule has 0 saturated carbocycles. The van der Waals surface area contributed by atoms with E-state index < -0.39 is 0 Å². The number of para-hydroxylation sites is 1. The molecule has 1 aromatic carbocycles. The van der Waals surface area contributed by atoms with Crippen molar-refractivity contribution in [1.82, 2.24) is 4.40 Å². The van der Waals surface area contributed by atoms with Crippen LogP contribution in [0.1, 0.15) is 0 Å². The molecule has 0 amide bonds. The van der Waals surface area contributed by atoms with Gasteiger partial charge >= 0.3 is 5.63 Å². The van der Waals surface area contributed by atoms with Crippen molar-refractivity contribution < 1.29 is 4.42 Å². The van der Waals surface area contributed by atoms with Gasteiger partial charge in [-0.05, 0) is 18.2 Å². The van der Waals surface area contributed by atoms with Crippen LogP contribution in [0.5, 0.6) is 0 Å². The van der Waals surface area contributed by atoms with Crippen molar-refractivity contribution in [3.8, 4) is 0 Å². The topological polar surface area (TPSA) is 34.6 Å². The van der Waals surface area contributed by atoms with E-state index in [4.69, 9.17) is 4.42 Å². The van der Waals surface area contributed by atoms with Gasteiger partial charge in [0, 0.05) is 23.2 Å². The Hall–Kier alpha value is -2.55. The smallest absolute Gasteiger partial charge is 0.346 e. The maximum Gasteiger partial charge on any atom is 0.346 e. The molecule has 3 nitrogen and oxygen atoms in total. The average Bonchev–Trinajstić information content (AvgIpc) is 2.79. The standard InChI is InChI=1S/C15H9NO2/c17-15-14-11(9-16-8-4-3-6-12(14)16)10-5-1-2-7-13(10)18-15/h1-9H. The highest BCUT2D eigenvalue weighted by Gasteiger charge is 2.11. The summed E-state index contributed by atoms with van der Waals surface area (Å²) in [7, 11) is 0. The first kappa shape index (κ1) is 9.48. The second-order valence-electron chi connectivity index (χ2n) is 4.30. The van der Waals surface area contributed by atoms with E-state index in [2.05, 4.69) is 0 Å². The van der Waals surface area contributed by atoms with Crippen molar-refractivity contribution in [3.63, 3.8) is 0 Å². The molecule has 18 heavy (non-hydrogen) atoms. The van der Waals surface area contributed by atoms with Gasteiger partial charge in [-0.3, -0.25) is 0 Å². The molecule has 4 rings (SSSR count). The van der Waals surface area contributed by atoms with Gasteiger partial charge in [-0.15, -0.1) is 0 Å². The molecular formula is C15H9NO2. The molecule has 0 unspecified atom stereocenters. The molecule has 0 spiro atoms. The van der Waals surface area contributed by atoms with E-state index in [9.17, 15) is 4.79 Å². The summed E-state index contributed by atoms with van der Waals surface area (Å²) in [5.41, 5.74) is 1.23. The van der Waals surface area contributed by atoms with Gasteiger partial charge in [0.15, 0.2) is 0 Å². The van der Waals surface area contributed by atoms with Gasteiger partial charge < -0.3 is 8.82 Å². The van der Waals surface area contributed by atoms with Gasteiger partial charge in [-0.2, -0.15) is 0 Å². The lowest BCUT2D eigenvalue weighted by molar-refractivity contribution is 0.570. The van der Waals surface area contributed by atoms with Gasteiger partial charge in [0.2, 0.25) is 0 Å². The largest absolute Gasteiger partial charge is 0.422 e. The minimum Gasteiger partial charge on any atom is -0.422 e. The second kappa shape index (κ2) is 3.23. The lowest BCUT2D eigenvalue weighted by Gasteiger charge is -1.96. The number of aromatic nitrogens is 1. The Morgan fingerprint density at radius 1 is 0.944 bits per heavy atom. The fraction of sp³-hybridized carbons (Fsp3) is 0. The fourth-order valence-corrected chi connectivity index (χ4v) is 2.47. The molecule has 0 saturated heterocycles. The summed E-state index contributed by atoms with van der Waals surface area (Å²) in [4.78, 5) is 12.1. The summed E-state index contributed by atoms with van der Waals surface area (Å²) in [5, 5.41) is 2.55. The highest BCUT2D eigenvalue weighted by atomic mass is 16.4. The molecule has 86 valence electrons. The first-order chi connectivity index (χ1) is 8.84. The number of hydrogen-bond acceptors (Lipinski definition) is 2. The van der Waals surface area contributed by atoms with E-state index in [0.29, 0.717) is 11.0 Å². The van der Waals surface area contributed by atoms with E-state index in [1.165, 1.54) is 0 Å². The van der Waals surface area contributed by atoms with Crippen LogP contribution in [0.4, 0.5) is 0 Å². The zero-order valence-corrected chi connectivity index (χ0v) is 9.46. The Morgan fingerprint density at radius 3 is 2.72 bits per heavy atom. The zero-order chi connectivity index (χ0) is 12.1. The van der Waals surface area contributed by atoms with E-state index in [1.807, 2.05) is 59.3 Å². The van der Waals surface area contributed by atoms with E-state index in [0.717, 1.165) is 16.3 Å².